The largest absolute Gasteiger partial charge is 0.487 e. The number of fused-ring (bicyclic) bond motifs is 1. The molecule has 10 heteroatoms. The van der Waals surface area contributed by atoms with Gasteiger partial charge in [0.1, 0.15) is 30.3 Å². The first kappa shape index (κ1) is 30.8. The summed E-state index contributed by atoms with van der Waals surface area (Å²) in [4.78, 5) is 19.3. The lowest BCUT2D eigenvalue weighted by Gasteiger charge is -2.19. The van der Waals surface area contributed by atoms with Crippen molar-refractivity contribution in [3.05, 3.63) is 94.7 Å². The molecule has 0 aliphatic carbocycles. The number of carbonyl (C=O) groups excluding carboxylic acids is 1. The van der Waals surface area contributed by atoms with Crippen LogP contribution in [-0.2, 0) is 16.1 Å². The first-order valence-corrected chi connectivity index (χ1v) is 14.7. The quantitative estimate of drug-likeness (QED) is 0.182. The van der Waals surface area contributed by atoms with Gasteiger partial charge in [0.15, 0.2) is 0 Å². The number of nitriles is 1. The summed E-state index contributed by atoms with van der Waals surface area (Å²) in [5.41, 5.74) is 4.78. The SMILES string of the molecule is Cc1ccc(COc2ccc(Nc3c(C#N)cnc4cc(OC5CCOC5)c(NC(=O)/C=C/CN(C)C)cc34)cc2Cl)cc1. The van der Waals surface area contributed by atoms with E-state index in [0.29, 0.717) is 76.4 Å². The fourth-order valence-corrected chi connectivity index (χ4v) is 4.89. The number of ether oxygens (including phenoxy) is 3. The van der Waals surface area contributed by atoms with Crippen molar-refractivity contribution < 1.29 is 19.0 Å². The summed E-state index contributed by atoms with van der Waals surface area (Å²) in [5, 5.41) is 17.3. The van der Waals surface area contributed by atoms with Crippen molar-refractivity contribution in [3.8, 4) is 17.6 Å². The number of amides is 1. The van der Waals surface area contributed by atoms with E-state index in [4.69, 9.17) is 25.8 Å². The number of likely N-dealkylation sites (N-methyl/N-ethyl adjacent to an activating group) is 1. The summed E-state index contributed by atoms with van der Waals surface area (Å²) in [5.74, 6) is 0.720. The highest BCUT2D eigenvalue weighted by atomic mass is 35.5. The van der Waals surface area contributed by atoms with Crippen LogP contribution >= 0.6 is 11.6 Å². The molecule has 1 aromatic heterocycles. The number of pyridine rings is 1. The van der Waals surface area contributed by atoms with Crippen molar-refractivity contribution in [2.24, 2.45) is 0 Å². The van der Waals surface area contributed by atoms with E-state index in [1.165, 1.54) is 17.8 Å². The number of benzene rings is 3. The van der Waals surface area contributed by atoms with Crippen LogP contribution in [0, 0.1) is 18.3 Å². The molecule has 1 saturated heterocycles. The van der Waals surface area contributed by atoms with Crippen molar-refractivity contribution in [1.82, 2.24) is 9.88 Å². The average Bonchev–Trinajstić information content (AvgIpc) is 3.51. The lowest BCUT2D eigenvalue weighted by Crippen LogP contribution is -2.18. The molecule has 226 valence electrons. The number of rotatable bonds is 11. The molecular formula is C34H34ClN5O4. The predicted molar refractivity (Wildman–Crippen MR) is 173 cm³/mol. The maximum Gasteiger partial charge on any atom is 0.248 e. The number of aromatic nitrogens is 1. The molecule has 0 bridgehead atoms. The third-order valence-electron chi connectivity index (χ3n) is 6.99. The highest BCUT2D eigenvalue weighted by Gasteiger charge is 2.21. The van der Waals surface area contributed by atoms with Crippen LogP contribution in [0.5, 0.6) is 11.5 Å². The van der Waals surface area contributed by atoms with Gasteiger partial charge >= 0.3 is 0 Å². The van der Waals surface area contributed by atoms with Crippen LogP contribution in [0.2, 0.25) is 5.02 Å². The summed E-state index contributed by atoms with van der Waals surface area (Å²) in [6, 6.07) is 19.2. The van der Waals surface area contributed by atoms with Gasteiger partial charge in [-0.1, -0.05) is 47.5 Å². The second-order valence-electron chi connectivity index (χ2n) is 10.8. The van der Waals surface area contributed by atoms with E-state index < -0.39 is 0 Å². The van der Waals surface area contributed by atoms with Gasteiger partial charge in [-0.3, -0.25) is 9.78 Å². The summed E-state index contributed by atoms with van der Waals surface area (Å²) < 4.78 is 17.7. The van der Waals surface area contributed by atoms with Crippen LogP contribution in [0.4, 0.5) is 17.1 Å². The van der Waals surface area contributed by atoms with Gasteiger partial charge in [-0.15, -0.1) is 0 Å². The Kier molecular flexibility index (Phi) is 9.97. The van der Waals surface area contributed by atoms with Gasteiger partial charge in [0.05, 0.1) is 40.7 Å². The van der Waals surface area contributed by atoms with Crippen LogP contribution in [0.1, 0.15) is 23.1 Å². The van der Waals surface area contributed by atoms with Gasteiger partial charge in [-0.05, 0) is 50.8 Å². The molecule has 1 aliphatic heterocycles. The van der Waals surface area contributed by atoms with Crippen molar-refractivity contribution in [2.75, 3.05) is 44.5 Å². The first-order chi connectivity index (χ1) is 21.3. The van der Waals surface area contributed by atoms with E-state index >= 15 is 0 Å². The number of nitrogens with zero attached hydrogens (tertiary/aromatic N) is 3. The maximum absolute atomic E-state index is 12.8. The molecule has 2 N–H and O–H groups in total. The van der Waals surface area contributed by atoms with E-state index in [1.807, 2.05) is 56.3 Å². The fraction of sp³-hybridized carbons (Fsp3) is 0.265. The molecule has 4 aromatic rings. The minimum Gasteiger partial charge on any atom is -0.487 e. The highest BCUT2D eigenvalue weighted by Crippen LogP contribution is 2.38. The molecule has 1 fully saturated rings. The maximum atomic E-state index is 12.8. The van der Waals surface area contributed by atoms with Crippen molar-refractivity contribution >= 4 is 45.5 Å². The van der Waals surface area contributed by atoms with E-state index in [1.54, 1.807) is 30.3 Å². The third-order valence-corrected chi connectivity index (χ3v) is 7.28. The Morgan fingerprint density at radius 2 is 2.00 bits per heavy atom. The van der Waals surface area contributed by atoms with Crippen molar-refractivity contribution in [2.45, 2.75) is 26.1 Å². The van der Waals surface area contributed by atoms with Gasteiger partial charge in [-0.2, -0.15) is 5.26 Å². The Morgan fingerprint density at radius 3 is 2.70 bits per heavy atom. The molecule has 9 nitrogen and oxygen atoms in total. The lowest BCUT2D eigenvalue weighted by atomic mass is 10.1. The molecule has 0 spiro atoms. The smallest absolute Gasteiger partial charge is 0.248 e. The van der Waals surface area contributed by atoms with E-state index in [2.05, 4.69) is 21.7 Å². The van der Waals surface area contributed by atoms with Crippen LogP contribution in [0.3, 0.4) is 0 Å². The number of hydrogen-bond donors (Lipinski definition) is 2. The van der Waals surface area contributed by atoms with Gasteiger partial charge < -0.3 is 29.7 Å². The molecule has 5 rings (SSSR count). The van der Waals surface area contributed by atoms with Crippen LogP contribution in [0.25, 0.3) is 10.9 Å². The zero-order valence-electron chi connectivity index (χ0n) is 24.9. The van der Waals surface area contributed by atoms with Gasteiger partial charge in [0.25, 0.3) is 0 Å². The van der Waals surface area contributed by atoms with Crippen LogP contribution < -0.4 is 20.1 Å². The standard InChI is InChI=1S/C34H34ClN5O4/c1-22-6-8-23(9-7-22)20-43-31-11-10-25(15-28(31)35)38-34-24(18-36)19-37-29-17-32(44-26-12-14-42-21-26)30(16-27(29)34)39-33(41)5-4-13-40(2)3/h4-11,15-17,19,26H,12-14,20-21H2,1-3H3,(H,37,38)(H,39,41)/b5-4+. The zero-order valence-corrected chi connectivity index (χ0v) is 25.6. The molecule has 1 aliphatic rings. The minimum absolute atomic E-state index is 0.141. The molecule has 2 heterocycles. The van der Waals surface area contributed by atoms with Crippen LogP contribution in [0.15, 0.2) is 72.9 Å². The summed E-state index contributed by atoms with van der Waals surface area (Å²) in [7, 11) is 3.85. The Morgan fingerprint density at radius 1 is 1.18 bits per heavy atom. The second kappa shape index (κ2) is 14.2. The Hall–Kier alpha value is -4.62. The van der Waals surface area contributed by atoms with Gasteiger partial charge in [-0.25, -0.2) is 0 Å². The van der Waals surface area contributed by atoms with Gasteiger partial charge in [0, 0.05) is 42.4 Å². The molecule has 1 atom stereocenters. The van der Waals surface area contributed by atoms with Crippen molar-refractivity contribution in [1.29, 1.82) is 5.26 Å². The van der Waals surface area contributed by atoms with E-state index in [-0.39, 0.29) is 12.0 Å². The monoisotopic (exact) mass is 611 g/mol. The number of hydrogen-bond acceptors (Lipinski definition) is 8. The predicted octanol–water partition coefficient (Wildman–Crippen LogP) is 6.61. The Bertz CT molecular complexity index is 1710. The fourth-order valence-electron chi connectivity index (χ4n) is 4.65. The van der Waals surface area contributed by atoms with E-state index in [0.717, 1.165) is 12.0 Å². The molecular weight excluding hydrogens is 578 g/mol. The third kappa shape index (κ3) is 7.85. The van der Waals surface area contributed by atoms with Gasteiger partial charge in [0.2, 0.25) is 5.91 Å². The second-order valence-corrected chi connectivity index (χ2v) is 11.2. The average molecular weight is 612 g/mol. The normalized spacial score (nSPS) is 14.6. The summed E-state index contributed by atoms with van der Waals surface area (Å²) >= 11 is 6.60. The molecule has 3 aromatic carbocycles. The van der Waals surface area contributed by atoms with E-state index in [9.17, 15) is 10.1 Å². The molecule has 1 amide bonds. The first-order valence-electron chi connectivity index (χ1n) is 14.3. The molecule has 0 radical (unpaired) electrons. The number of halogens is 1. The molecule has 1 unspecified atom stereocenters. The topological polar surface area (TPSA) is 109 Å². The number of anilines is 3. The number of carbonyl (C=O) groups is 1. The van der Waals surface area contributed by atoms with Crippen LogP contribution in [-0.4, -0.2) is 55.7 Å². The zero-order chi connectivity index (χ0) is 31.1. The summed E-state index contributed by atoms with van der Waals surface area (Å²) in [6.07, 6.45) is 5.38. The minimum atomic E-state index is -0.300. The lowest BCUT2D eigenvalue weighted by molar-refractivity contribution is -0.111. The summed E-state index contributed by atoms with van der Waals surface area (Å²) in [6.45, 7) is 4.13. The number of aryl methyl sites for hydroxylation is 1. The van der Waals surface area contributed by atoms with Crippen molar-refractivity contribution in [3.63, 3.8) is 0 Å². The Labute approximate surface area is 262 Å². The highest BCUT2D eigenvalue weighted by molar-refractivity contribution is 6.32. The number of nitrogens with one attached hydrogen (secondary N) is 2. The Balaban J connectivity index is 1.44. The molecule has 0 saturated carbocycles. The molecule has 44 heavy (non-hydrogen) atoms.